The summed E-state index contributed by atoms with van der Waals surface area (Å²) in [5, 5.41) is 2.63. The first-order valence-corrected chi connectivity index (χ1v) is 13.9. The van der Waals surface area contributed by atoms with Gasteiger partial charge in [-0.15, -0.1) is 0 Å². The molecule has 1 aliphatic heterocycles. The molecule has 9 nitrogen and oxygen atoms in total. The lowest BCUT2D eigenvalue weighted by Gasteiger charge is -2.26. The Bertz CT molecular complexity index is 1260. The molecule has 2 saturated carbocycles. The number of fused-ring (bicyclic) bond motifs is 5. The number of rotatable bonds is 10. The van der Waals surface area contributed by atoms with Crippen molar-refractivity contribution < 1.29 is 33.4 Å². The van der Waals surface area contributed by atoms with E-state index in [1.54, 1.807) is 12.1 Å². The molecule has 0 unspecified atom stereocenters. The highest BCUT2D eigenvalue weighted by molar-refractivity contribution is 6.08. The Kier molecular flexibility index (Phi) is 8.00. The summed E-state index contributed by atoms with van der Waals surface area (Å²) < 4.78 is 10.6. The van der Waals surface area contributed by atoms with E-state index < -0.39 is 30.5 Å². The van der Waals surface area contributed by atoms with Crippen molar-refractivity contribution in [2.75, 3.05) is 18.5 Å². The van der Waals surface area contributed by atoms with Crippen LogP contribution in [0.15, 0.2) is 54.6 Å². The lowest BCUT2D eigenvalue weighted by Crippen LogP contribution is -2.48. The molecule has 5 atom stereocenters. The smallest absolute Gasteiger partial charge is 0.338 e. The number of carbonyl (C=O) groups is 5. The van der Waals surface area contributed by atoms with Crippen LogP contribution in [0.25, 0.3) is 0 Å². The summed E-state index contributed by atoms with van der Waals surface area (Å²) in [6, 6.07) is 14.2. The van der Waals surface area contributed by atoms with Gasteiger partial charge in [0.15, 0.2) is 6.61 Å². The molecule has 210 valence electrons. The Labute approximate surface area is 233 Å². The maximum atomic E-state index is 13.4. The summed E-state index contributed by atoms with van der Waals surface area (Å²) in [4.78, 5) is 66.0. The molecule has 3 amide bonds. The summed E-state index contributed by atoms with van der Waals surface area (Å²) in [5.41, 5.74) is 1.55. The van der Waals surface area contributed by atoms with E-state index >= 15 is 0 Å². The molecule has 9 heteroatoms. The van der Waals surface area contributed by atoms with Gasteiger partial charge in [0.05, 0.1) is 24.0 Å². The van der Waals surface area contributed by atoms with Crippen LogP contribution in [0.2, 0.25) is 0 Å². The lowest BCUT2D eigenvalue weighted by molar-refractivity contribution is -0.160. The van der Waals surface area contributed by atoms with Crippen LogP contribution in [-0.2, 0) is 35.1 Å². The van der Waals surface area contributed by atoms with Gasteiger partial charge in [-0.3, -0.25) is 19.3 Å². The molecule has 1 N–H and O–H groups in total. The molecule has 0 spiro atoms. The molecule has 5 rings (SSSR count). The van der Waals surface area contributed by atoms with Crippen LogP contribution < -0.4 is 5.32 Å². The van der Waals surface area contributed by atoms with Gasteiger partial charge in [-0.1, -0.05) is 44.2 Å². The van der Waals surface area contributed by atoms with Crippen molar-refractivity contribution in [3.05, 3.63) is 65.7 Å². The fourth-order valence-corrected chi connectivity index (χ4v) is 6.30. The number of anilines is 1. The van der Waals surface area contributed by atoms with Gasteiger partial charge >= 0.3 is 11.9 Å². The standard InChI is InChI=1S/C31H34N2O7/c1-18(2)16-39-30(37)20-10-12-23(13-11-20)32-25(34)17-40-31(38)24(14-19-6-4-3-5-7-19)33-28(35)26-21-8-9-22(15-21)27(26)29(33)36/h3-7,10-13,18,21-22,24,26-27H,8-9,14-17H2,1-2H3,(H,32,34)/t21-,22-,24-,26+,27+/m0/s1. The normalized spacial score (nSPS) is 23.7. The van der Waals surface area contributed by atoms with Crippen LogP contribution in [0.1, 0.15) is 49.0 Å². The maximum absolute atomic E-state index is 13.4. The average molecular weight is 547 g/mol. The van der Waals surface area contributed by atoms with E-state index in [9.17, 15) is 24.0 Å². The number of likely N-dealkylation sites (tertiary alicyclic amines) is 1. The summed E-state index contributed by atoms with van der Waals surface area (Å²) in [6.07, 6.45) is 2.89. The van der Waals surface area contributed by atoms with Crippen LogP contribution in [0.4, 0.5) is 5.69 Å². The SMILES string of the molecule is CC(C)COC(=O)c1ccc(NC(=O)COC(=O)[C@H](Cc2ccccc2)N2C(=O)[C@@H]3[C@H]4CC[C@@H](C4)[C@H]3C2=O)cc1. The number of hydrogen-bond donors (Lipinski definition) is 1. The molecular formula is C31H34N2O7. The van der Waals surface area contributed by atoms with Crippen molar-refractivity contribution in [2.24, 2.45) is 29.6 Å². The summed E-state index contributed by atoms with van der Waals surface area (Å²) >= 11 is 0. The maximum Gasteiger partial charge on any atom is 0.338 e. The molecule has 2 aromatic carbocycles. The van der Waals surface area contributed by atoms with Crippen LogP contribution in [0.5, 0.6) is 0 Å². The van der Waals surface area contributed by atoms with E-state index in [-0.39, 0.29) is 47.8 Å². The van der Waals surface area contributed by atoms with Crippen molar-refractivity contribution in [1.29, 1.82) is 0 Å². The van der Waals surface area contributed by atoms with Crippen LogP contribution in [-0.4, -0.2) is 53.8 Å². The minimum Gasteiger partial charge on any atom is -0.462 e. The zero-order valence-corrected chi connectivity index (χ0v) is 22.7. The van der Waals surface area contributed by atoms with Crippen LogP contribution in [0, 0.1) is 29.6 Å². The van der Waals surface area contributed by atoms with E-state index in [0.29, 0.717) is 17.9 Å². The van der Waals surface area contributed by atoms with E-state index in [1.807, 2.05) is 44.2 Å². The van der Waals surface area contributed by atoms with Crippen molar-refractivity contribution >= 4 is 35.3 Å². The number of amides is 3. The molecule has 2 aromatic rings. The topological polar surface area (TPSA) is 119 Å². The fraction of sp³-hybridized carbons (Fsp3) is 0.452. The third-order valence-corrected chi connectivity index (χ3v) is 8.11. The zero-order chi connectivity index (χ0) is 28.4. The Hall–Kier alpha value is -4.01. The molecule has 40 heavy (non-hydrogen) atoms. The number of ether oxygens (including phenoxy) is 2. The van der Waals surface area contributed by atoms with E-state index in [4.69, 9.17) is 9.47 Å². The van der Waals surface area contributed by atoms with Gasteiger partial charge in [0, 0.05) is 12.1 Å². The number of hydrogen-bond acceptors (Lipinski definition) is 7. The Morgan fingerprint density at radius 3 is 2.12 bits per heavy atom. The second-order valence-corrected chi connectivity index (χ2v) is 11.4. The number of carbonyl (C=O) groups excluding carboxylic acids is 5. The quantitative estimate of drug-likeness (QED) is 0.357. The van der Waals surface area contributed by atoms with Crippen LogP contribution in [0.3, 0.4) is 0 Å². The fourth-order valence-electron chi connectivity index (χ4n) is 6.30. The molecule has 1 saturated heterocycles. The Morgan fingerprint density at radius 1 is 0.900 bits per heavy atom. The molecule has 2 aliphatic carbocycles. The molecule has 0 aromatic heterocycles. The second kappa shape index (κ2) is 11.6. The summed E-state index contributed by atoms with van der Waals surface area (Å²) in [7, 11) is 0. The van der Waals surface area contributed by atoms with Crippen molar-refractivity contribution in [3.8, 4) is 0 Å². The molecular weight excluding hydrogens is 512 g/mol. The predicted molar refractivity (Wildman–Crippen MR) is 145 cm³/mol. The number of benzene rings is 2. The largest absolute Gasteiger partial charge is 0.462 e. The monoisotopic (exact) mass is 546 g/mol. The highest BCUT2D eigenvalue weighted by atomic mass is 16.5. The van der Waals surface area contributed by atoms with Gasteiger partial charge in [0.25, 0.3) is 5.91 Å². The van der Waals surface area contributed by atoms with E-state index in [1.165, 1.54) is 12.1 Å². The first-order valence-electron chi connectivity index (χ1n) is 13.9. The Morgan fingerprint density at radius 2 is 1.52 bits per heavy atom. The average Bonchev–Trinajstić information content (AvgIpc) is 3.64. The lowest BCUT2D eigenvalue weighted by atomic mass is 9.81. The highest BCUT2D eigenvalue weighted by Gasteiger charge is 2.62. The molecule has 3 aliphatic rings. The van der Waals surface area contributed by atoms with Crippen molar-refractivity contribution in [3.63, 3.8) is 0 Å². The van der Waals surface area contributed by atoms with Crippen LogP contribution >= 0.6 is 0 Å². The van der Waals surface area contributed by atoms with Gasteiger partial charge in [0.1, 0.15) is 6.04 Å². The number of imide groups is 1. The second-order valence-electron chi connectivity index (χ2n) is 11.4. The van der Waals surface area contributed by atoms with Crippen molar-refractivity contribution in [1.82, 2.24) is 4.90 Å². The summed E-state index contributed by atoms with van der Waals surface area (Å²) in [6.45, 7) is 3.61. The zero-order valence-electron chi connectivity index (χ0n) is 22.7. The third kappa shape index (κ3) is 5.64. The van der Waals surface area contributed by atoms with Gasteiger partial charge in [-0.25, -0.2) is 9.59 Å². The van der Waals surface area contributed by atoms with Crippen molar-refractivity contribution in [2.45, 2.75) is 45.6 Å². The predicted octanol–water partition coefficient (Wildman–Crippen LogP) is 3.62. The van der Waals surface area contributed by atoms with Gasteiger partial charge in [-0.05, 0) is 66.8 Å². The first kappa shape index (κ1) is 27.6. The van der Waals surface area contributed by atoms with E-state index in [0.717, 1.165) is 29.7 Å². The molecule has 1 heterocycles. The number of esters is 2. The highest BCUT2D eigenvalue weighted by Crippen LogP contribution is 2.56. The van der Waals surface area contributed by atoms with E-state index in [2.05, 4.69) is 5.32 Å². The van der Waals surface area contributed by atoms with Gasteiger partial charge in [0.2, 0.25) is 11.8 Å². The molecule has 3 fully saturated rings. The van der Waals surface area contributed by atoms with Gasteiger partial charge in [-0.2, -0.15) is 0 Å². The molecule has 2 bridgehead atoms. The number of nitrogens with one attached hydrogen (secondary N) is 1. The summed E-state index contributed by atoms with van der Waals surface area (Å²) in [5.74, 6) is -2.53. The minimum absolute atomic E-state index is 0.113. The first-order chi connectivity index (χ1) is 19.2. The van der Waals surface area contributed by atoms with Gasteiger partial charge < -0.3 is 14.8 Å². The minimum atomic E-state index is -1.14. The third-order valence-electron chi connectivity index (χ3n) is 8.11. The number of nitrogens with zero attached hydrogens (tertiary/aromatic N) is 1. The molecule has 0 radical (unpaired) electrons. The Balaban J connectivity index is 1.22.